The Hall–Kier alpha value is -1.95. The summed E-state index contributed by atoms with van der Waals surface area (Å²) in [5.74, 6) is 0.868. The molecule has 1 aliphatic heterocycles. The SMILES string of the molecule is CN=C(NCCN1C(=O)C2C3C=CC(C3)C2C1=O)NCC(c1cnn(C)c1)N(C)C.I. The van der Waals surface area contributed by atoms with Crippen molar-refractivity contribution < 1.29 is 9.59 Å². The number of nitrogens with zero attached hydrogens (tertiary/aromatic N) is 5. The molecule has 5 unspecified atom stereocenters. The number of aliphatic imine (C=N–C) groups is 1. The number of aryl methyl sites for hydroxylation is 1. The average Bonchev–Trinajstić information content (AvgIpc) is 3.47. The zero-order valence-corrected chi connectivity index (χ0v) is 20.8. The highest BCUT2D eigenvalue weighted by atomic mass is 127. The summed E-state index contributed by atoms with van der Waals surface area (Å²) in [4.78, 5) is 33.4. The van der Waals surface area contributed by atoms with Crippen LogP contribution in [0.4, 0.5) is 0 Å². The molecule has 0 aromatic carbocycles. The van der Waals surface area contributed by atoms with E-state index >= 15 is 0 Å². The number of likely N-dealkylation sites (tertiary alicyclic amines) is 1. The lowest BCUT2D eigenvalue weighted by atomic mass is 9.85. The number of rotatable bonds is 7. The Labute approximate surface area is 200 Å². The lowest BCUT2D eigenvalue weighted by Crippen LogP contribution is -2.45. The Morgan fingerprint density at radius 1 is 1.23 bits per heavy atom. The minimum atomic E-state index is -0.134. The highest BCUT2D eigenvalue weighted by Gasteiger charge is 2.58. The van der Waals surface area contributed by atoms with Crippen molar-refractivity contribution in [3.63, 3.8) is 0 Å². The number of guanidine groups is 1. The molecule has 5 atom stereocenters. The van der Waals surface area contributed by atoms with Gasteiger partial charge in [-0.2, -0.15) is 5.10 Å². The lowest BCUT2D eigenvalue weighted by Gasteiger charge is -2.25. The Morgan fingerprint density at radius 3 is 2.39 bits per heavy atom. The second-order valence-corrected chi connectivity index (χ2v) is 8.63. The molecule has 1 saturated carbocycles. The molecule has 170 valence electrons. The van der Waals surface area contributed by atoms with Gasteiger partial charge < -0.3 is 15.5 Å². The van der Waals surface area contributed by atoms with Crippen LogP contribution in [0.2, 0.25) is 0 Å². The number of aromatic nitrogens is 2. The van der Waals surface area contributed by atoms with Crippen LogP contribution in [0.1, 0.15) is 18.0 Å². The fourth-order valence-corrected chi connectivity index (χ4v) is 5.10. The van der Waals surface area contributed by atoms with Crippen LogP contribution < -0.4 is 10.6 Å². The van der Waals surface area contributed by atoms with Crippen LogP contribution in [0, 0.1) is 23.7 Å². The molecule has 9 nitrogen and oxygen atoms in total. The van der Waals surface area contributed by atoms with E-state index in [4.69, 9.17) is 0 Å². The number of carbonyl (C=O) groups excluding carboxylic acids is 2. The van der Waals surface area contributed by atoms with E-state index in [-0.39, 0.29) is 65.5 Å². The number of carbonyl (C=O) groups is 2. The van der Waals surface area contributed by atoms with Crippen LogP contribution in [0.3, 0.4) is 0 Å². The van der Waals surface area contributed by atoms with Gasteiger partial charge in [0.05, 0.1) is 24.1 Å². The van der Waals surface area contributed by atoms with Crippen molar-refractivity contribution in [1.82, 2.24) is 30.2 Å². The van der Waals surface area contributed by atoms with Crippen LogP contribution in [0.15, 0.2) is 29.5 Å². The third-order valence-electron chi connectivity index (χ3n) is 6.61. The maximum absolute atomic E-state index is 12.8. The first-order valence-electron chi connectivity index (χ1n) is 10.5. The van der Waals surface area contributed by atoms with Crippen molar-refractivity contribution in [1.29, 1.82) is 0 Å². The zero-order chi connectivity index (χ0) is 21.4. The summed E-state index contributed by atoms with van der Waals surface area (Å²) in [6.07, 6.45) is 9.07. The van der Waals surface area contributed by atoms with Crippen LogP contribution in [-0.2, 0) is 16.6 Å². The van der Waals surface area contributed by atoms with Crippen LogP contribution >= 0.6 is 24.0 Å². The molecule has 0 spiro atoms. The average molecular weight is 541 g/mol. The van der Waals surface area contributed by atoms with Gasteiger partial charge in [-0.3, -0.25) is 24.2 Å². The summed E-state index contributed by atoms with van der Waals surface area (Å²) >= 11 is 0. The first-order valence-corrected chi connectivity index (χ1v) is 10.5. The van der Waals surface area contributed by atoms with E-state index in [1.807, 2.05) is 33.5 Å². The molecule has 4 rings (SSSR count). The van der Waals surface area contributed by atoms with Gasteiger partial charge in [-0.05, 0) is 32.4 Å². The maximum Gasteiger partial charge on any atom is 0.233 e. The third-order valence-corrected chi connectivity index (χ3v) is 6.61. The molecule has 1 saturated heterocycles. The quantitative estimate of drug-likeness (QED) is 0.173. The molecule has 2 heterocycles. The number of likely N-dealkylation sites (N-methyl/N-ethyl adjacent to an activating group) is 1. The maximum atomic E-state index is 12.8. The van der Waals surface area contributed by atoms with Crippen molar-refractivity contribution in [2.75, 3.05) is 40.8 Å². The fourth-order valence-electron chi connectivity index (χ4n) is 5.10. The zero-order valence-electron chi connectivity index (χ0n) is 18.5. The van der Waals surface area contributed by atoms with Gasteiger partial charge in [-0.15, -0.1) is 24.0 Å². The molecule has 3 aliphatic rings. The van der Waals surface area contributed by atoms with E-state index in [0.717, 1.165) is 12.0 Å². The standard InChI is InChI=1S/C21H31N7O2.HI/c1-22-21(24-11-16(26(2)3)15-10-25-27(4)12-15)23-7-8-28-19(29)17-13-5-6-14(9-13)18(17)20(28)30;/h5-6,10,12-14,16-18H,7-9,11H2,1-4H3,(H2,22,23,24);1H. The van der Waals surface area contributed by atoms with Gasteiger partial charge in [-0.25, -0.2) is 0 Å². The van der Waals surface area contributed by atoms with Gasteiger partial charge in [0.1, 0.15) is 0 Å². The number of amides is 2. The van der Waals surface area contributed by atoms with E-state index in [9.17, 15) is 9.59 Å². The number of nitrogens with one attached hydrogen (secondary N) is 2. The summed E-state index contributed by atoms with van der Waals surface area (Å²) in [5, 5.41) is 10.8. The number of hydrogen-bond donors (Lipinski definition) is 2. The van der Waals surface area contributed by atoms with Crippen molar-refractivity contribution in [3.8, 4) is 0 Å². The van der Waals surface area contributed by atoms with Gasteiger partial charge in [-0.1, -0.05) is 12.2 Å². The van der Waals surface area contributed by atoms with Gasteiger partial charge in [0.15, 0.2) is 5.96 Å². The molecule has 2 amide bonds. The predicted molar refractivity (Wildman–Crippen MR) is 129 cm³/mol. The molecule has 2 N–H and O–H groups in total. The Bertz CT molecular complexity index is 851. The number of imide groups is 1. The summed E-state index contributed by atoms with van der Waals surface area (Å²) in [6, 6.07) is 0.140. The first-order chi connectivity index (χ1) is 14.4. The summed E-state index contributed by atoms with van der Waals surface area (Å²) in [7, 11) is 7.67. The largest absolute Gasteiger partial charge is 0.355 e. The van der Waals surface area contributed by atoms with E-state index in [1.54, 1.807) is 11.7 Å². The van der Waals surface area contributed by atoms with Crippen molar-refractivity contribution in [2.45, 2.75) is 12.5 Å². The smallest absolute Gasteiger partial charge is 0.233 e. The molecular formula is C21H32IN7O2. The Kier molecular flexibility index (Phi) is 7.40. The summed E-state index contributed by atoms with van der Waals surface area (Å²) in [5.41, 5.74) is 1.12. The van der Waals surface area contributed by atoms with Gasteiger partial charge in [0.25, 0.3) is 0 Å². The monoisotopic (exact) mass is 541 g/mol. The molecule has 2 bridgehead atoms. The van der Waals surface area contributed by atoms with Gasteiger partial charge in [0.2, 0.25) is 11.8 Å². The Morgan fingerprint density at radius 2 is 1.87 bits per heavy atom. The van der Waals surface area contributed by atoms with E-state index in [2.05, 4.69) is 37.8 Å². The van der Waals surface area contributed by atoms with E-state index in [1.165, 1.54) is 4.90 Å². The molecule has 0 radical (unpaired) electrons. The van der Waals surface area contributed by atoms with Crippen molar-refractivity contribution in [3.05, 3.63) is 30.1 Å². The molecule has 2 fully saturated rings. The fraction of sp³-hybridized carbons (Fsp3) is 0.619. The predicted octanol–water partition coefficient (Wildman–Crippen LogP) is 0.613. The Balaban J connectivity index is 0.00000272. The van der Waals surface area contributed by atoms with E-state index in [0.29, 0.717) is 25.6 Å². The molecule has 31 heavy (non-hydrogen) atoms. The second kappa shape index (κ2) is 9.68. The molecule has 1 aromatic heterocycles. The topological polar surface area (TPSA) is 94.9 Å². The van der Waals surface area contributed by atoms with Gasteiger partial charge >= 0.3 is 0 Å². The van der Waals surface area contributed by atoms with Crippen molar-refractivity contribution >= 4 is 41.8 Å². The summed E-state index contributed by atoms with van der Waals surface area (Å²) in [6.45, 7) is 1.49. The van der Waals surface area contributed by atoms with Crippen LogP contribution in [0.25, 0.3) is 0 Å². The molecular weight excluding hydrogens is 509 g/mol. The lowest BCUT2D eigenvalue weighted by molar-refractivity contribution is -0.140. The number of halogens is 1. The second-order valence-electron chi connectivity index (χ2n) is 8.63. The number of allylic oxidation sites excluding steroid dienone is 2. The van der Waals surface area contributed by atoms with E-state index < -0.39 is 0 Å². The van der Waals surface area contributed by atoms with Crippen LogP contribution in [-0.4, -0.2) is 78.1 Å². The first kappa shape index (κ1) is 23.7. The highest BCUT2D eigenvalue weighted by molar-refractivity contribution is 14.0. The summed E-state index contributed by atoms with van der Waals surface area (Å²) < 4.78 is 1.79. The molecule has 2 aliphatic carbocycles. The highest BCUT2D eigenvalue weighted by Crippen LogP contribution is 2.52. The molecule has 1 aromatic rings. The third kappa shape index (κ3) is 4.50. The van der Waals surface area contributed by atoms with Gasteiger partial charge in [0, 0.05) is 45.5 Å². The van der Waals surface area contributed by atoms with Crippen LogP contribution in [0.5, 0.6) is 0 Å². The molecule has 10 heteroatoms. The van der Waals surface area contributed by atoms with Crippen molar-refractivity contribution in [2.24, 2.45) is 35.7 Å². The number of fused-ring (bicyclic) bond motifs is 5. The minimum absolute atomic E-state index is 0. The minimum Gasteiger partial charge on any atom is -0.355 e. The normalized spacial score (nSPS) is 27.6. The number of hydrogen-bond acceptors (Lipinski definition) is 5.